The number of piperidine rings is 1. The van der Waals surface area contributed by atoms with E-state index in [0.29, 0.717) is 6.04 Å². The lowest BCUT2D eigenvalue weighted by Crippen LogP contribution is -2.46. The van der Waals surface area contributed by atoms with Crippen LogP contribution in [0.2, 0.25) is 0 Å². The molecule has 2 aromatic rings. The summed E-state index contributed by atoms with van der Waals surface area (Å²) in [6, 6.07) is 18.7. The van der Waals surface area contributed by atoms with Crippen molar-refractivity contribution in [3.63, 3.8) is 0 Å². The first-order valence-corrected chi connectivity index (χ1v) is 11.3. The van der Waals surface area contributed by atoms with Crippen LogP contribution < -0.4 is 0 Å². The highest BCUT2D eigenvalue weighted by atomic mass is 16.5. The van der Waals surface area contributed by atoms with Crippen LogP contribution in [0.4, 0.5) is 0 Å². The summed E-state index contributed by atoms with van der Waals surface area (Å²) < 4.78 is 5.40. The Kier molecular flexibility index (Phi) is 7.02. The average molecular weight is 393 g/mol. The molecule has 1 heterocycles. The van der Waals surface area contributed by atoms with E-state index in [9.17, 15) is 0 Å². The first-order chi connectivity index (χ1) is 14.2. The number of fused-ring (bicyclic) bond motifs is 1. The minimum atomic E-state index is 0.708. The van der Waals surface area contributed by atoms with Crippen molar-refractivity contribution in [1.82, 2.24) is 9.80 Å². The maximum Gasteiger partial charge on any atom is 0.0589 e. The molecule has 0 bridgehead atoms. The molecule has 1 unspecified atom stereocenters. The second kappa shape index (κ2) is 9.88. The number of ether oxygens (including phenoxy) is 1. The van der Waals surface area contributed by atoms with Crippen molar-refractivity contribution in [3.8, 4) is 0 Å². The quantitative estimate of drug-likeness (QED) is 0.665. The Morgan fingerprint density at radius 2 is 1.76 bits per heavy atom. The van der Waals surface area contributed by atoms with Crippen molar-refractivity contribution < 1.29 is 4.74 Å². The van der Waals surface area contributed by atoms with E-state index in [2.05, 4.69) is 65.3 Å². The van der Waals surface area contributed by atoms with Crippen LogP contribution in [0.3, 0.4) is 0 Å². The maximum absolute atomic E-state index is 5.40. The number of aryl methyl sites for hydroxylation is 1. The highest BCUT2D eigenvalue weighted by molar-refractivity contribution is 5.33. The molecule has 0 radical (unpaired) electrons. The number of hydrogen-bond acceptors (Lipinski definition) is 3. The van der Waals surface area contributed by atoms with Gasteiger partial charge in [0, 0.05) is 39.3 Å². The Balaban J connectivity index is 1.35. The van der Waals surface area contributed by atoms with Gasteiger partial charge in [0.05, 0.1) is 6.61 Å². The Labute approximate surface area is 176 Å². The smallest absolute Gasteiger partial charge is 0.0589 e. The van der Waals surface area contributed by atoms with Crippen molar-refractivity contribution in [1.29, 1.82) is 0 Å². The number of methoxy groups -OCH3 is 1. The third kappa shape index (κ3) is 5.48. The Hall–Kier alpha value is -1.68. The van der Waals surface area contributed by atoms with E-state index < -0.39 is 0 Å². The molecule has 3 nitrogen and oxygen atoms in total. The van der Waals surface area contributed by atoms with E-state index in [4.69, 9.17) is 4.74 Å². The predicted octanol–water partition coefficient (Wildman–Crippen LogP) is 4.32. The zero-order chi connectivity index (χ0) is 20.1. The second-order valence-electron chi connectivity index (χ2n) is 9.05. The van der Waals surface area contributed by atoms with Gasteiger partial charge in [-0.2, -0.15) is 0 Å². The molecule has 0 N–H and O–H groups in total. The van der Waals surface area contributed by atoms with Crippen LogP contribution in [-0.2, 0) is 24.1 Å². The standard InChI is InChI=1S/C26H36N2O/c1-21-9-11-22(12-10-21)18-27(14-15-29-2)19-23-6-5-13-28(20-23)26-16-24-7-3-4-8-25(24)17-26/h3-4,7-12,23,26H,5-6,13-20H2,1-2H3. The van der Waals surface area contributed by atoms with Gasteiger partial charge in [-0.25, -0.2) is 0 Å². The summed E-state index contributed by atoms with van der Waals surface area (Å²) in [5, 5.41) is 0. The molecule has 0 saturated carbocycles. The Morgan fingerprint density at radius 1 is 1.03 bits per heavy atom. The van der Waals surface area contributed by atoms with Crippen LogP contribution in [0, 0.1) is 12.8 Å². The van der Waals surface area contributed by atoms with Gasteiger partial charge in [-0.05, 0) is 61.8 Å². The summed E-state index contributed by atoms with van der Waals surface area (Å²) in [4.78, 5) is 5.39. The number of nitrogens with zero attached hydrogens (tertiary/aromatic N) is 2. The molecule has 156 valence electrons. The molecule has 0 amide bonds. The van der Waals surface area contributed by atoms with Crippen LogP contribution in [0.5, 0.6) is 0 Å². The van der Waals surface area contributed by atoms with Crippen LogP contribution in [-0.4, -0.2) is 55.7 Å². The molecule has 1 fully saturated rings. The van der Waals surface area contributed by atoms with Crippen molar-refractivity contribution >= 4 is 0 Å². The molecule has 4 rings (SSSR count). The van der Waals surface area contributed by atoms with E-state index >= 15 is 0 Å². The summed E-state index contributed by atoms with van der Waals surface area (Å²) in [5.74, 6) is 0.759. The summed E-state index contributed by atoms with van der Waals surface area (Å²) in [6.07, 6.45) is 5.16. The summed E-state index contributed by atoms with van der Waals surface area (Å²) in [5.41, 5.74) is 5.88. The van der Waals surface area contributed by atoms with Gasteiger partial charge in [-0.3, -0.25) is 9.80 Å². The van der Waals surface area contributed by atoms with Crippen LogP contribution >= 0.6 is 0 Å². The first kappa shape index (κ1) is 20.6. The monoisotopic (exact) mass is 392 g/mol. The predicted molar refractivity (Wildman–Crippen MR) is 120 cm³/mol. The molecule has 2 aliphatic rings. The molecule has 0 aromatic heterocycles. The highest BCUT2D eigenvalue weighted by Crippen LogP contribution is 2.29. The van der Waals surface area contributed by atoms with Crippen molar-refractivity contribution in [2.24, 2.45) is 5.92 Å². The molecule has 1 aliphatic carbocycles. The number of benzene rings is 2. The maximum atomic E-state index is 5.40. The minimum Gasteiger partial charge on any atom is -0.383 e. The third-order valence-electron chi connectivity index (χ3n) is 6.75. The van der Waals surface area contributed by atoms with Gasteiger partial charge in [0.15, 0.2) is 0 Å². The molecule has 2 aromatic carbocycles. The van der Waals surface area contributed by atoms with Gasteiger partial charge in [0.2, 0.25) is 0 Å². The van der Waals surface area contributed by atoms with Gasteiger partial charge < -0.3 is 4.74 Å². The van der Waals surface area contributed by atoms with Crippen molar-refractivity contribution in [3.05, 3.63) is 70.8 Å². The fourth-order valence-corrected chi connectivity index (χ4v) is 5.14. The Morgan fingerprint density at radius 3 is 2.45 bits per heavy atom. The molecule has 3 heteroatoms. The first-order valence-electron chi connectivity index (χ1n) is 11.3. The number of likely N-dealkylation sites (tertiary alicyclic amines) is 1. The molecule has 0 spiro atoms. The van der Waals surface area contributed by atoms with Gasteiger partial charge in [0.1, 0.15) is 0 Å². The average Bonchev–Trinajstić information content (AvgIpc) is 3.18. The largest absolute Gasteiger partial charge is 0.383 e. The topological polar surface area (TPSA) is 15.7 Å². The summed E-state index contributed by atoms with van der Waals surface area (Å²) in [6.45, 7) is 8.68. The van der Waals surface area contributed by atoms with Crippen LogP contribution in [0.25, 0.3) is 0 Å². The molecular formula is C26H36N2O. The van der Waals surface area contributed by atoms with E-state index in [1.165, 1.54) is 56.4 Å². The van der Waals surface area contributed by atoms with Crippen LogP contribution in [0.15, 0.2) is 48.5 Å². The minimum absolute atomic E-state index is 0.708. The van der Waals surface area contributed by atoms with Gasteiger partial charge >= 0.3 is 0 Å². The number of rotatable bonds is 8. The van der Waals surface area contributed by atoms with E-state index in [1.807, 2.05) is 7.11 Å². The van der Waals surface area contributed by atoms with E-state index in [0.717, 1.165) is 25.6 Å². The summed E-state index contributed by atoms with van der Waals surface area (Å²) in [7, 11) is 1.81. The zero-order valence-corrected chi connectivity index (χ0v) is 18.1. The normalized spacial score (nSPS) is 20.3. The van der Waals surface area contributed by atoms with Gasteiger partial charge in [-0.15, -0.1) is 0 Å². The van der Waals surface area contributed by atoms with Gasteiger partial charge in [0.25, 0.3) is 0 Å². The number of hydrogen-bond donors (Lipinski definition) is 0. The fourth-order valence-electron chi connectivity index (χ4n) is 5.14. The molecule has 1 saturated heterocycles. The fraction of sp³-hybridized carbons (Fsp3) is 0.538. The molecule has 1 atom stereocenters. The lowest BCUT2D eigenvalue weighted by molar-refractivity contribution is 0.0844. The van der Waals surface area contributed by atoms with Gasteiger partial charge in [-0.1, -0.05) is 54.1 Å². The van der Waals surface area contributed by atoms with E-state index in [-0.39, 0.29) is 0 Å². The van der Waals surface area contributed by atoms with Crippen molar-refractivity contribution in [2.75, 3.05) is 39.9 Å². The summed E-state index contributed by atoms with van der Waals surface area (Å²) >= 11 is 0. The SMILES string of the molecule is COCCN(Cc1ccc(C)cc1)CC1CCCN(C2Cc3ccccc3C2)C1. The van der Waals surface area contributed by atoms with Crippen molar-refractivity contribution in [2.45, 2.75) is 45.2 Å². The second-order valence-corrected chi connectivity index (χ2v) is 9.05. The zero-order valence-electron chi connectivity index (χ0n) is 18.1. The molecule has 29 heavy (non-hydrogen) atoms. The van der Waals surface area contributed by atoms with E-state index in [1.54, 1.807) is 11.1 Å². The van der Waals surface area contributed by atoms with Crippen LogP contribution in [0.1, 0.15) is 35.1 Å². The molecule has 1 aliphatic heterocycles. The Bertz CT molecular complexity index is 748. The third-order valence-corrected chi connectivity index (χ3v) is 6.75. The lowest BCUT2D eigenvalue weighted by atomic mass is 9.95. The molecular weight excluding hydrogens is 356 g/mol. The highest BCUT2D eigenvalue weighted by Gasteiger charge is 2.30. The lowest BCUT2D eigenvalue weighted by Gasteiger charge is -2.38.